The zero-order valence-electron chi connectivity index (χ0n) is 21.2. The highest BCUT2D eigenvalue weighted by molar-refractivity contribution is 6.05. The van der Waals surface area contributed by atoms with Gasteiger partial charge in [0.05, 0.1) is 12.0 Å². The molecule has 1 atom stereocenters. The Bertz CT molecular complexity index is 2020. The molecule has 8 rings (SSSR count). The highest BCUT2D eigenvalue weighted by atomic mass is 14.6. The Morgan fingerprint density at radius 3 is 2.05 bits per heavy atom. The van der Waals surface area contributed by atoms with Crippen LogP contribution in [0.25, 0.3) is 50.0 Å². The lowest BCUT2D eigenvalue weighted by molar-refractivity contribution is 0.767. The van der Waals surface area contributed by atoms with Gasteiger partial charge >= 0.3 is 0 Å². The van der Waals surface area contributed by atoms with Crippen molar-refractivity contribution in [3.63, 3.8) is 0 Å². The van der Waals surface area contributed by atoms with Gasteiger partial charge in [0.15, 0.2) is 5.69 Å². The van der Waals surface area contributed by atoms with E-state index in [1.165, 1.54) is 55.3 Å². The first-order chi connectivity index (χ1) is 19.3. The van der Waals surface area contributed by atoms with E-state index in [0.29, 0.717) is 5.69 Å². The number of rotatable bonds is 1. The minimum atomic E-state index is -0.460. The minimum absolute atomic E-state index is 0.460. The maximum absolute atomic E-state index is 7.36. The topological polar surface area (TPSA) is 4.36 Å². The van der Waals surface area contributed by atoms with Crippen LogP contribution in [-0.4, -0.2) is 0 Å². The van der Waals surface area contributed by atoms with Crippen molar-refractivity contribution in [2.75, 3.05) is 0 Å². The summed E-state index contributed by atoms with van der Waals surface area (Å²) in [6, 6.07) is 46.0. The average Bonchev–Trinajstić information content (AvgIpc) is 3.22. The van der Waals surface area contributed by atoms with Gasteiger partial charge in [0.1, 0.15) is 0 Å². The molecule has 6 aromatic rings. The van der Waals surface area contributed by atoms with Crippen LogP contribution in [0.5, 0.6) is 0 Å². The second kappa shape index (κ2) is 8.15. The largest absolute Gasteiger partial charge is 0.238 e. The molecule has 39 heavy (non-hydrogen) atoms. The Labute approximate surface area is 228 Å². The standard InChI is InChI=1S/C38H23N/c1-39-30-21-18-25(19-22-30)29-17-16-28-15-14-27-9-3-6-12-33(27)38(36(28)24-29)34-13-7-5-11-32(34)37-31-10-4-2-8-26(31)20-23-35(37)38/h2-24H. The fourth-order valence-electron chi connectivity index (χ4n) is 6.87. The molecule has 0 aromatic heterocycles. The van der Waals surface area contributed by atoms with E-state index in [4.69, 9.17) is 6.57 Å². The molecule has 0 N–H and O–H groups in total. The first-order valence-corrected chi connectivity index (χ1v) is 13.3. The molecule has 2 aliphatic rings. The van der Waals surface area contributed by atoms with Crippen LogP contribution in [0.4, 0.5) is 5.69 Å². The molecule has 0 fully saturated rings. The van der Waals surface area contributed by atoms with E-state index in [9.17, 15) is 0 Å². The monoisotopic (exact) mass is 493 g/mol. The molecule has 1 spiro atoms. The molecule has 1 unspecified atom stereocenters. The SMILES string of the molecule is [C-]#[N+]c1ccc(-c2ccc3c(c2)C2(c4ccccc4C=C3)c3ccccc3-c3c2ccc2ccccc32)cc1. The molecular weight excluding hydrogens is 470 g/mol. The van der Waals surface area contributed by atoms with E-state index < -0.39 is 5.41 Å². The summed E-state index contributed by atoms with van der Waals surface area (Å²) in [7, 11) is 0. The Morgan fingerprint density at radius 1 is 0.513 bits per heavy atom. The predicted molar refractivity (Wildman–Crippen MR) is 162 cm³/mol. The van der Waals surface area contributed by atoms with Crippen molar-refractivity contribution in [2.45, 2.75) is 5.41 Å². The minimum Gasteiger partial charge on any atom is -0.238 e. The van der Waals surface area contributed by atoms with Gasteiger partial charge in [-0.1, -0.05) is 133 Å². The molecule has 0 saturated carbocycles. The summed E-state index contributed by atoms with van der Waals surface area (Å²) in [5.74, 6) is 0. The Hall–Kier alpha value is -5.19. The fraction of sp³-hybridized carbons (Fsp3) is 0.0263. The third-order valence-corrected chi connectivity index (χ3v) is 8.53. The van der Waals surface area contributed by atoms with E-state index in [2.05, 4.69) is 132 Å². The summed E-state index contributed by atoms with van der Waals surface area (Å²) < 4.78 is 0. The molecule has 0 bridgehead atoms. The zero-order chi connectivity index (χ0) is 26.0. The van der Waals surface area contributed by atoms with Crippen LogP contribution >= 0.6 is 0 Å². The van der Waals surface area contributed by atoms with Gasteiger partial charge < -0.3 is 0 Å². The molecule has 2 aliphatic carbocycles. The van der Waals surface area contributed by atoms with Gasteiger partial charge in [0.2, 0.25) is 0 Å². The van der Waals surface area contributed by atoms with Crippen molar-refractivity contribution in [1.29, 1.82) is 0 Å². The van der Waals surface area contributed by atoms with E-state index in [1.807, 2.05) is 12.1 Å². The van der Waals surface area contributed by atoms with Crippen LogP contribution in [0.3, 0.4) is 0 Å². The van der Waals surface area contributed by atoms with Crippen molar-refractivity contribution < 1.29 is 0 Å². The van der Waals surface area contributed by atoms with Crippen LogP contribution in [-0.2, 0) is 5.41 Å². The van der Waals surface area contributed by atoms with Gasteiger partial charge in [-0.2, -0.15) is 0 Å². The Morgan fingerprint density at radius 2 is 1.21 bits per heavy atom. The van der Waals surface area contributed by atoms with Crippen molar-refractivity contribution >= 4 is 28.6 Å². The van der Waals surface area contributed by atoms with E-state index in [0.717, 1.165) is 11.1 Å². The molecule has 180 valence electrons. The van der Waals surface area contributed by atoms with E-state index in [-0.39, 0.29) is 0 Å². The first-order valence-electron chi connectivity index (χ1n) is 13.3. The summed E-state index contributed by atoms with van der Waals surface area (Å²) in [6.07, 6.45) is 4.55. The molecule has 1 heteroatoms. The number of nitrogens with zero attached hydrogens (tertiary/aromatic N) is 1. The molecule has 0 aliphatic heterocycles. The van der Waals surface area contributed by atoms with Crippen LogP contribution in [0.2, 0.25) is 0 Å². The van der Waals surface area contributed by atoms with Gasteiger partial charge in [-0.05, 0) is 72.5 Å². The van der Waals surface area contributed by atoms with Crippen LogP contribution in [0.1, 0.15) is 33.4 Å². The number of hydrogen-bond donors (Lipinski definition) is 0. The summed E-state index contributed by atoms with van der Waals surface area (Å²) in [5.41, 5.74) is 12.8. The number of hydrogen-bond acceptors (Lipinski definition) is 0. The number of benzene rings is 6. The molecule has 0 amide bonds. The molecule has 0 radical (unpaired) electrons. The van der Waals surface area contributed by atoms with Crippen molar-refractivity contribution in [3.8, 4) is 22.3 Å². The smallest absolute Gasteiger partial charge is 0.187 e. The van der Waals surface area contributed by atoms with Gasteiger partial charge in [0, 0.05) is 0 Å². The lowest BCUT2D eigenvalue weighted by Crippen LogP contribution is -2.30. The zero-order valence-corrected chi connectivity index (χ0v) is 21.2. The summed E-state index contributed by atoms with van der Waals surface area (Å²) >= 11 is 0. The summed E-state index contributed by atoms with van der Waals surface area (Å²) in [4.78, 5) is 3.59. The Balaban J connectivity index is 1.53. The third kappa shape index (κ3) is 2.95. The predicted octanol–water partition coefficient (Wildman–Crippen LogP) is 9.90. The lowest BCUT2D eigenvalue weighted by atomic mass is 9.65. The van der Waals surface area contributed by atoms with Gasteiger partial charge in [-0.15, -0.1) is 0 Å². The second-order valence-electron chi connectivity index (χ2n) is 10.4. The molecular formula is C38H23N. The van der Waals surface area contributed by atoms with E-state index >= 15 is 0 Å². The Kier molecular flexibility index (Phi) is 4.57. The second-order valence-corrected chi connectivity index (χ2v) is 10.4. The van der Waals surface area contributed by atoms with Crippen LogP contribution in [0, 0.1) is 6.57 Å². The van der Waals surface area contributed by atoms with Gasteiger partial charge in [-0.25, -0.2) is 4.85 Å². The molecule has 0 heterocycles. The average molecular weight is 494 g/mol. The summed E-state index contributed by atoms with van der Waals surface area (Å²) in [6.45, 7) is 7.36. The molecule has 0 saturated heterocycles. The molecule has 6 aromatic carbocycles. The van der Waals surface area contributed by atoms with Crippen molar-refractivity contribution in [3.05, 3.63) is 172 Å². The third-order valence-electron chi connectivity index (χ3n) is 8.53. The quantitative estimate of drug-likeness (QED) is 0.200. The maximum Gasteiger partial charge on any atom is 0.187 e. The summed E-state index contributed by atoms with van der Waals surface area (Å²) in [5, 5.41) is 2.55. The normalized spacial score (nSPS) is 16.2. The number of fused-ring (bicyclic) bond motifs is 11. The van der Waals surface area contributed by atoms with Crippen LogP contribution in [0.15, 0.2) is 127 Å². The van der Waals surface area contributed by atoms with Crippen LogP contribution < -0.4 is 0 Å². The van der Waals surface area contributed by atoms with Gasteiger partial charge in [0.25, 0.3) is 0 Å². The lowest BCUT2D eigenvalue weighted by Gasteiger charge is -2.35. The van der Waals surface area contributed by atoms with Crippen molar-refractivity contribution in [1.82, 2.24) is 0 Å². The maximum atomic E-state index is 7.36. The van der Waals surface area contributed by atoms with E-state index in [1.54, 1.807) is 0 Å². The highest BCUT2D eigenvalue weighted by Crippen LogP contribution is 2.60. The van der Waals surface area contributed by atoms with Crippen molar-refractivity contribution in [2.24, 2.45) is 0 Å². The first kappa shape index (κ1) is 21.9. The highest BCUT2D eigenvalue weighted by Gasteiger charge is 2.48. The fourth-order valence-corrected chi connectivity index (χ4v) is 6.87. The molecule has 1 nitrogen and oxygen atoms in total. The van der Waals surface area contributed by atoms with Gasteiger partial charge in [-0.3, -0.25) is 0 Å².